The summed E-state index contributed by atoms with van der Waals surface area (Å²) < 4.78 is 38.8. The van der Waals surface area contributed by atoms with E-state index in [1.807, 2.05) is 5.48 Å². The van der Waals surface area contributed by atoms with Gasteiger partial charge in [-0.3, -0.25) is 30.0 Å². The van der Waals surface area contributed by atoms with Crippen molar-refractivity contribution in [2.75, 3.05) is 45.0 Å². The minimum absolute atomic E-state index is 0.0419. The number of aromatic hydroxyl groups is 1. The number of Topliss-reactive ketones (excluding diaryl/α,β-unsaturated/α-hetero) is 2. The Bertz CT molecular complexity index is 1840. The predicted molar refractivity (Wildman–Crippen MR) is 171 cm³/mol. The standard InChI is InChI=1S/C32H35F3N6O8/c1-40(2)19-11-18(38-20(39-49)12-37-15-7-5-14(6-8-15)32(33,34)35)25(42)22-16(19)9-13-10-17-24(41(3)4)27(44)23(30(36)47)29(46)31(17,48)28(45)21(13)26(22)43/h5-8,11,13,17,24,37,42-43,46,48-49H,9-10,12H2,1-4H3,(H2,36,47)(H,38,39)/t13?,17?,24-,31-/m0/s1. The van der Waals surface area contributed by atoms with E-state index in [1.54, 1.807) is 19.0 Å². The van der Waals surface area contributed by atoms with Gasteiger partial charge in [-0.05, 0) is 68.8 Å². The molecule has 0 radical (unpaired) electrons. The van der Waals surface area contributed by atoms with Crippen LogP contribution >= 0.6 is 0 Å². The first kappa shape index (κ1) is 35.2. The maximum atomic E-state index is 14.1. The lowest BCUT2D eigenvalue weighted by atomic mass is 9.57. The Morgan fingerprint density at radius 1 is 1.10 bits per heavy atom. The molecule has 14 nitrogen and oxygen atoms in total. The van der Waals surface area contributed by atoms with Crippen molar-refractivity contribution in [1.29, 1.82) is 0 Å². The number of fused-ring (bicyclic) bond motifs is 3. The van der Waals surface area contributed by atoms with Crippen LogP contribution in [0.3, 0.4) is 0 Å². The highest BCUT2D eigenvalue weighted by molar-refractivity contribution is 6.24. The van der Waals surface area contributed by atoms with E-state index in [2.05, 4.69) is 10.3 Å². The fourth-order valence-electron chi connectivity index (χ4n) is 6.97. The summed E-state index contributed by atoms with van der Waals surface area (Å²) >= 11 is 0. The molecule has 1 saturated carbocycles. The van der Waals surface area contributed by atoms with Gasteiger partial charge in [0.15, 0.2) is 17.1 Å². The number of rotatable bonds is 7. The molecule has 0 aromatic heterocycles. The second kappa shape index (κ2) is 12.4. The molecule has 4 atom stereocenters. The number of likely N-dealkylation sites (N-methyl/N-ethyl adjacent to an activating group) is 1. The number of aliphatic hydroxyl groups excluding tert-OH is 2. The van der Waals surface area contributed by atoms with Gasteiger partial charge in [-0.15, -0.1) is 0 Å². The van der Waals surface area contributed by atoms with Gasteiger partial charge < -0.3 is 36.4 Å². The molecule has 49 heavy (non-hydrogen) atoms. The zero-order valence-electron chi connectivity index (χ0n) is 26.8. The van der Waals surface area contributed by atoms with Crippen LogP contribution in [0.25, 0.3) is 5.76 Å². The molecule has 2 unspecified atom stereocenters. The van der Waals surface area contributed by atoms with Crippen LogP contribution in [0.2, 0.25) is 0 Å². The number of alkyl halides is 3. The average molecular weight is 689 g/mol. The van der Waals surface area contributed by atoms with Crippen molar-refractivity contribution in [2.24, 2.45) is 22.6 Å². The smallest absolute Gasteiger partial charge is 0.416 e. The zero-order valence-corrected chi connectivity index (χ0v) is 26.8. The van der Waals surface area contributed by atoms with Gasteiger partial charge in [0.05, 0.1) is 23.7 Å². The molecule has 0 spiro atoms. The molecule has 17 heteroatoms. The number of anilines is 2. The molecular formula is C32H35F3N6O8. The highest BCUT2D eigenvalue weighted by Crippen LogP contribution is 2.55. The number of aliphatic hydroxyl groups is 3. The van der Waals surface area contributed by atoms with Crippen LogP contribution in [0.15, 0.2) is 52.2 Å². The number of primary amides is 1. The predicted octanol–water partition coefficient (Wildman–Crippen LogP) is 2.17. The summed E-state index contributed by atoms with van der Waals surface area (Å²) in [6.45, 7) is -0.253. The summed E-state index contributed by atoms with van der Waals surface area (Å²) in [4.78, 5) is 47.0. The molecule has 0 heterocycles. The van der Waals surface area contributed by atoms with Crippen LogP contribution in [-0.4, -0.2) is 100 Å². The van der Waals surface area contributed by atoms with Crippen molar-refractivity contribution in [3.05, 3.63) is 63.9 Å². The van der Waals surface area contributed by atoms with Gasteiger partial charge in [0.25, 0.3) is 5.91 Å². The van der Waals surface area contributed by atoms with Gasteiger partial charge in [-0.1, -0.05) is 0 Å². The fraction of sp³-hybridized carbons (Fsp3) is 0.375. The van der Waals surface area contributed by atoms with E-state index in [9.17, 15) is 53.2 Å². The van der Waals surface area contributed by atoms with Gasteiger partial charge in [0.1, 0.15) is 28.6 Å². The van der Waals surface area contributed by atoms with Crippen LogP contribution in [0.5, 0.6) is 5.75 Å². The number of phenols is 1. The Morgan fingerprint density at radius 2 is 1.73 bits per heavy atom. The molecule has 1 amide bonds. The van der Waals surface area contributed by atoms with E-state index in [0.29, 0.717) is 11.3 Å². The number of amides is 1. The summed E-state index contributed by atoms with van der Waals surface area (Å²) in [7, 11) is 6.36. The number of carbonyl (C=O) groups excluding carboxylic acids is 3. The van der Waals surface area contributed by atoms with Crippen LogP contribution < -0.4 is 21.4 Å². The minimum atomic E-state index is -4.53. The summed E-state index contributed by atoms with van der Waals surface area (Å²) in [6.07, 6.45) is -4.57. The molecule has 262 valence electrons. The maximum absolute atomic E-state index is 14.1. The van der Waals surface area contributed by atoms with E-state index in [0.717, 1.165) is 12.1 Å². The minimum Gasteiger partial charge on any atom is -0.508 e. The fourth-order valence-corrected chi connectivity index (χ4v) is 6.97. The number of aliphatic imine (C=N–C) groups is 1. The molecule has 0 bridgehead atoms. The van der Waals surface area contributed by atoms with Crippen molar-refractivity contribution >= 4 is 46.1 Å². The Morgan fingerprint density at radius 3 is 2.27 bits per heavy atom. The van der Waals surface area contributed by atoms with Crippen molar-refractivity contribution < 1.29 is 53.2 Å². The summed E-state index contributed by atoms with van der Waals surface area (Å²) in [5.74, 6) is -8.15. The third-order valence-electron chi connectivity index (χ3n) is 9.22. The van der Waals surface area contributed by atoms with Crippen molar-refractivity contribution in [3.8, 4) is 5.75 Å². The number of halogens is 3. The van der Waals surface area contributed by atoms with E-state index in [-0.39, 0.29) is 47.7 Å². The molecular weight excluding hydrogens is 653 g/mol. The van der Waals surface area contributed by atoms with Crippen molar-refractivity contribution in [3.63, 3.8) is 0 Å². The molecule has 9 N–H and O–H groups in total. The van der Waals surface area contributed by atoms with E-state index >= 15 is 0 Å². The molecule has 3 aliphatic rings. The number of carbonyl (C=O) groups is 3. The summed E-state index contributed by atoms with van der Waals surface area (Å²) in [6, 6.07) is 4.34. The number of hydrogen-bond donors (Lipinski definition) is 8. The number of hydroxylamine groups is 1. The third-order valence-corrected chi connectivity index (χ3v) is 9.22. The maximum Gasteiger partial charge on any atom is 0.416 e. The zero-order chi connectivity index (χ0) is 36.3. The number of ketones is 2. The first-order valence-electron chi connectivity index (χ1n) is 14.9. The second-order valence-electron chi connectivity index (χ2n) is 12.6. The van der Waals surface area contributed by atoms with Crippen LogP contribution in [0.1, 0.15) is 23.1 Å². The topological polar surface area (TPSA) is 221 Å². The number of phenolic OH excluding ortho intramolecular Hbond substituents is 1. The number of nitrogens with two attached hydrogens (primary N) is 1. The highest BCUT2D eigenvalue weighted by atomic mass is 19.4. The molecule has 5 rings (SSSR count). The van der Waals surface area contributed by atoms with Crippen molar-refractivity contribution in [2.45, 2.75) is 30.7 Å². The lowest BCUT2D eigenvalue weighted by Gasteiger charge is -2.50. The Labute approximate surface area is 277 Å². The number of nitrogens with zero attached hydrogens (tertiary/aromatic N) is 3. The number of nitrogens with one attached hydrogen (secondary N) is 2. The van der Waals surface area contributed by atoms with Crippen LogP contribution in [-0.2, 0) is 27.0 Å². The molecule has 0 aliphatic heterocycles. The van der Waals surface area contributed by atoms with Gasteiger partial charge in [-0.25, -0.2) is 4.99 Å². The lowest BCUT2D eigenvalue weighted by molar-refractivity contribution is -0.153. The Balaban J connectivity index is 1.59. The number of amidine groups is 1. The van der Waals surface area contributed by atoms with Gasteiger partial charge in [0.2, 0.25) is 5.78 Å². The number of benzene rings is 2. The van der Waals surface area contributed by atoms with Gasteiger partial charge in [-0.2, -0.15) is 13.2 Å². The van der Waals surface area contributed by atoms with E-state index < -0.39 is 75.5 Å². The first-order chi connectivity index (χ1) is 22.8. The van der Waals surface area contributed by atoms with Crippen LogP contribution in [0, 0.1) is 11.8 Å². The summed E-state index contributed by atoms with van der Waals surface area (Å²) in [5, 5.41) is 58.5. The Kier molecular flexibility index (Phi) is 8.90. The molecule has 1 fully saturated rings. The Hall–Kier alpha value is -5.13. The lowest BCUT2D eigenvalue weighted by Crippen LogP contribution is -2.65. The number of hydrogen-bond acceptors (Lipinski definition) is 12. The normalized spacial score (nSPS) is 24.0. The van der Waals surface area contributed by atoms with Gasteiger partial charge >= 0.3 is 6.18 Å². The SMILES string of the molecule is CN(C)c1cc(N=C(CNc2ccc(C(F)(F)F)cc2)NO)c(O)c2c1CC1CC3[C@H](N(C)C)C(=O)C(C(N)=O)=C(O)[C@@]3(O)C(=O)C1=C2O. The average Bonchev–Trinajstić information content (AvgIpc) is 3.01. The van der Waals surface area contributed by atoms with Crippen LogP contribution in [0.4, 0.5) is 30.2 Å². The third kappa shape index (κ3) is 5.72. The van der Waals surface area contributed by atoms with E-state index in [4.69, 9.17) is 5.73 Å². The first-order valence-corrected chi connectivity index (χ1v) is 14.9. The monoisotopic (exact) mass is 688 g/mol. The molecule has 2 aromatic carbocycles. The van der Waals surface area contributed by atoms with E-state index in [1.165, 1.54) is 37.2 Å². The second-order valence-corrected chi connectivity index (χ2v) is 12.6. The molecule has 0 saturated heterocycles. The van der Waals surface area contributed by atoms with Gasteiger partial charge in [0, 0.05) is 37.0 Å². The highest BCUT2D eigenvalue weighted by Gasteiger charge is 2.64. The molecule has 3 aliphatic carbocycles. The molecule has 2 aromatic rings. The largest absolute Gasteiger partial charge is 0.508 e. The van der Waals surface area contributed by atoms with Crippen molar-refractivity contribution in [1.82, 2.24) is 10.4 Å². The quantitative estimate of drug-likeness (QED) is 0.0908. The summed E-state index contributed by atoms with van der Waals surface area (Å²) in [5.41, 5.74) is 3.00.